The van der Waals surface area contributed by atoms with Gasteiger partial charge in [-0.15, -0.1) is 0 Å². The van der Waals surface area contributed by atoms with Crippen LogP contribution >= 0.6 is 0 Å². The Kier molecular flexibility index (Phi) is 2.95. The van der Waals surface area contributed by atoms with Gasteiger partial charge in [0.05, 0.1) is 5.56 Å². The zero-order valence-corrected chi connectivity index (χ0v) is 10.7. The van der Waals surface area contributed by atoms with Crippen LogP contribution in [0.25, 0.3) is 22.3 Å². The maximum Gasteiger partial charge on any atom is 0.335 e. The van der Waals surface area contributed by atoms with Crippen LogP contribution in [0.1, 0.15) is 10.4 Å². The molecule has 1 heterocycles. The lowest BCUT2D eigenvalue weighted by Crippen LogP contribution is -2.03. The quantitative estimate of drug-likeness (QED) is 0.754. The van der Waals surface area contributed by atoms with Gasteiger partial charge in [0.25, 0.3) is 0 Å². The lowest BCUT2D eigenvalue weighted by molar-refractivity contribution is 0.0696. The predicted octanol–water partition coefficient (Wildman–Crippen LogP) is 2.86. The van der Waals surface area contributed by atoms with E-state index in [0.717, 1.165) is 6.07 Å². The standard InChI is InChI=1S/C16H10O5/c17-11-6-10(16(19)20)7-14-15(11)12(18)8-13(21-14)9-4-2-1-3-5-9/h1-8,17H,(H,19,20). The molecule has 0 atom stereocenters. The van der Waals surface area contributed by atoms with E-state index in [0.29, 0.717) is 11.3 Å². The number of aromatic hydroxyl groups is 1. The molecule has 3 rings (SSSR count). The molecular formula is C16H10O5. The second-order valence-corrected chi connectivity index (χ2v) is 4.51. The highest BCUT2D eigenvalue weighted by molar-refractivity contribution is 5.95. The molecule has 0 unspecified atom stereocenters. The van der Waals surface area contributed by atoms with Crippen molar-refractivity contribution in [2.24, 2.45) is 0 Å². The molecule has 5 heteroatoms. The van der Waals surface area contributed by atoms with Gasteiger partial charge in [0, 0.05) is 11.6 Å². The fourth-order valence-corrected chi connectivity index (χ4v) is 2.14. The predicted molar refractivity (Wildman–Crippen MR) is 76.5 cm³/mol. The lowest BCUT2D eigenvalue weighted by atomic mass is 10.1. The second-order valence-electron chi connectivity index (χ2n) is 4.51. The van der Waals surface area contributed by atoms with Crippen molar-refractivity contribution in [1.29, 1.82) is 0 Å². The summed E-state index contributed by atoms with van der Waals surface area (Å²) in [7, 11) is 0. The Bertz CT molecular complexity index is 894. The van der Waals surface area contributed by atoms with Crippen LogP contribution in [-0.2, 0) is 0 Å². The lowest BCUT2D eigenvalue weighted by Gasteiger charge is -2.05. The van der Waals surface area contributed by atoms with Crippen molar-refractivity contribution in [2.45, 2.75) is 0 Å². The van der Waals surface area contributed by atoms with Crippen molar-refractivity contribution in [1.82, 2.24) is 0 Å². The maximum atomic E-state index is 12.1. The second kappa shape index (κ2) is 4.79. The molecule has 0 bridgehead atoms. The summed E-state index contributed by atoms with van der Waals surface area (Å²) in [6.07, 6.45) is 0. The van der Waals surface area contributed by atoms with Crippen LogP contribution in [0.2, 0.25) is 0 Å². The minimum atomic E-state index is -1.21. The van der Waals surface area contributed by atoms with Gasteiger partial charge in [-0.25, -0.2) is 4.79 Å². The smallest absolute Gasteiger partial charge is 0.335 e. The van der Waals surface area contributed by atoms with Crippen LogP contribution in [-0.4, -0.2) is 16.2 Å². The molecule has 0 aliphatic rings. The van der Waals surface area contributed by atoms with Crippen LogP contribution in [0, 0.1) is 0 Å². The number of phenols is 1. The van der Waals surface area contributed by atoms with Gasteiger partial charge in [0.15, 0.2) is 5.43 Å². The number of carboxylic acid groups (broad SMARTS) is 1. The molecule has 0 spiro atoms. The summed E-state index contributed by atoms with van der Waals surface area (Å²) in [6.45, 7) is 0. The van der Waals surface area contributed by atoms with E-state index in [1.807, 2.05) is 6.07 Å². The zero-order chi connectivity index (χ0) is 15.0. The Morgan fingerprint density at radius 2 is 1.76 bits per heavy atom. The first-order valence-electron chi connectivity index (χ1n) is 6.16. The van der Waals surface area contributed by atoms with Gasteiger partial charge in [0.2, 0.25) is 0 Å². The molecule has 2 N–H and O–H groups in total. The number of carbonyl (C=O) groups is 1. The third-order valence-electron chi connectivity index (χ3n) is 3.12. The molecule has 0 aliphatic carbocycles. The number of carboxylic acids is 1. The molecular weight excluding hydrogens is 272 g/mol. The Morgan fingerprint density at radius 1 is 1.05 bits per heavy atom. The molecule has 3 aromatic rings. The molecule has 0 fully saturated rings. The summed E-state index contributed by atoms with van der Waals surface area (Å²) < 4.78 is 5.58. The number of fused-ring (bicyclic) bond motifs is 1. The van der Waals surface area contributed by atoms with Crippen molar-refractivity contribution in [3.8, 4) is 17.1 Å². The number of phenolic OH excluding ortho intramolecular Hbond substituents is 1. The van der Waals surface area contributed by atoms with Crippen LogP contribution in [0.4, 0.5) is 0 Å². The average molecular weight is 282 g/mol. The first-order chi connectivity index (χ1) is 10.1. The van der Waals surface area contributed by atoms with E-state index in [2.05, 4.69) is 0 Å². The first kappa shape index (κ1) is 12.9. The van der Waals surface area contributed by atoms with E-state index >= 15 is 0 Å². The highest BCUT2D eigenvalue weighted by Crippen LogP contribution is 2.28. The Balaban J connectivity index is 2.33. The Labute approximate surface area is 118 Å². The van der Waals surface area contributed by atoms with E-state index in [-0.39, 0.29) is 16.5 Å². The molecule has 0 saturated heterocycles. The molecule has 0 radical (unpaired) electrons. The third-order valence-corrected chi connectivity index (χ3v) is 3.12. The number of hydrogen-bond donors (Lipinski definition) is 2. The van der Waals surface area contributed by atoms with Gasteiger partial charge in [0.1, 0.15) is 22.5 Å². The number of rotatable bonds is 2. The summed E-state index contributed by atoms with van der Waals surface area (Å²) in [4.78, 5) is 23.1. The fourth-order valence-electron chi connectivity index (χ4n) is 2.14. The van der Waals surface area contributed by atoms with Crippen molar-refractivity contribution in [3.05, 3.63) is 64.3 Å². The van der Waals surface area contributed by atoms with Crippen molar-refractivity contribution in [3.63, 3.8) is 0 Å². The van der Waals surface area contributed by atoms with Crippen LogP contribution in [0.15, 0.2) is 57.7 Å². The van der Waals surface area contributed by atoms with Crippen molar-refractivity contribution in [2.75, 3.05) is 0 Å². The van der Waals surface area contributed by atoms with Crippen LogP contribution in [0.5, 0.6) is 5.75 Å². The van der Waals surface area contributed by atoms with Gasteiger partial charge >= 0.3 is 5.97 Å². The number of hydrogen-bond acceptors (Lipinski definition) is 4. The maximum absolute atomic E-state index is 12.1. The van der Waals surface area contributed by atoms with Gasteiger partial charge < -0.3 is 14.6 Å². The Hall–Kier alpha value is -3.08. The largest absolute Gasteiger partial charge is 0.507 e. The molecule has 0 aliphatic heterocycles. The molecule has 5 nitrogen and oxygen atoms in total. The summed E-state index contributed by atoms with van der Waals surface area (Å²) in [5, 5.41) is 18.8. The monoisotopic (exact) mass is 282 g/mol. The first-order valence-corrected chi connectivity index (χ1v) is 6.16. The minimum absolute atomic E-state index is 0.0281. The molecule has 104 valence electrons. The third kappa shape index (κ3) is 2.25. The van der Waals surface area contributed by atoms with Gasteiger partial charge in [-0.1, -0.05) is 30.3 Å². The molecule has 0 amide bonds. The van der Waals surface area contributed by atoms with E-state index in [4.69, 9.17) is 9.52 Å². The molecule has 1 aromatic heterocycles. The van der Waals surface area contributed by atoms with Gasteiger partial charge in [-0.2, -0.15) is 0 Å². The van der Waals surface area contributed by atoms with E-state index in [1.165, 1.54) is 12.1 Å². The summed E-state index contributed by atoms with van der Waals surface area (Å²) in [5.41, 5.74) is 0.161. The zero-order valence-electron chi connectivity index (χ0n) is 10.7. The highest BCUT2D eigenvalue weighted by Gasteiger charge is 2.14. The van der Waals surface area contributed by atoms with Gasteiger partial charge in [-0.3, -0.25) is 4.79 Å². The highest BCUT2D eigenvalue weighted by atomic mass is 16.4. The minimum Gasteiger partial charge on any atom is -0.507 e. The number of aromatic carboxylic acids is 1. The molecule has 0 saturated carbocycles. The average Bonchev–Trinajstić information content (AvgIpc) is 2.47. The molecule has 21 heavy (non-hydrogen) atoms. The number of benzene rings is 2. The van der Waals surface area contributed by atoms with E-state index < -0.39 is 17.1 Å². The topological polar surface area (TPSA) is 87.7 Å². The van der Waals surface area contributed by atoms with Crippen molar-refractivity contribution < 1.29 is 19.4 Å². The SMILES string of the molecule is O=C(O)c1cc(O)c2c(=O)cc(-c3ccccc3)oc2c1. The Morgan fingerprint density at radius 3 is 2.43 bits per heavy atom. The van der Waals surface area contributed by atoms with E-state index in [9.17, 15) is 14.7 Å². The van der Waals surface area contributed by atoms with Crippen LogP contribution in [0.3, 0.4) is 0 Å². The van der Waals surface area contributed by atoms with Crippen LogP contribution < -0.4 is 5.43 Å². The van der Waals surface area contributed by atoms with E-state index in [1.54, 1.807) is 24.3 Å². The summed E-state index contributed by atoms with van der Waals surface area (Å²) in [6, 6.07) is 12.5. The normalized spacial score (nSPS) is 10.7. The summed E-state index contributed by atoms with van der Waals surface area (Å²) >= 11 is 0. The summed E-state index contributed by atoms with van der Waals surface area (Å²) in [5.74, 6) is -1.30. The molecule has 2 aromatic carbocycles. The van der Waals surface area contributed by atoms with Gasteiger partial charge in [-0.05, 0) is 12.1 Å². The van der Waals surface area contributed by atoms with Crippen molar-refractivity contribution >= 4 is 16.9 Å². The fraction of sp³-hybridized carbons (Fsp3) is 0.